The Kier molecular flexibility index (Phi) is 5.52. The zero-order valence-corrected chi connectivity index (χ0v) is 16.5. The molecule has 9 heteroatoms. The maximum Gasteiger partial charge on any atom is 0.315 e. The Hall–Kier alpha value is -3.23. The summed E-state index contributed by atoms with van der Waals surface area (Å²) in [4.78, 5) is 62.0. The number of rotatable bonds is 4. The van der Waals surface area contributed by atoms with Crippen molar-refractivity contribution in [3.63, 3.8) is 0 Å². The molecule has 0 spiro atoms. The number of urea groups is 1. The van der Waals surface area contributed by atoms with Gasteiger partial charge in [-0.25, -0.2) is 4.79 Å². The molecule has 2 heterocycles. The molecule has 0 bridgehead atoms. The van der Waals surface area contributed by atoms with Crippen molar-refractivity contribution in [1.29, 1.82) is 0 Å². The lowest BCUT2D eigenvalue weighted by Gasteiger charge is -2.27. The Morgan fingerprint density at radius 1 is 1.00 bits per heavy atom. The molecule has 6 amide bonds. The van der Waals surface area contributed by atoms with E-state index in [2.05, 4.69) is 16.0 Å². The average molecular weight is 412 g/mol. The Labute approximate surface area is 173 Å². The van der Waals surface area contributed by atoms with Gasteiger partial charge in [0.05, 0.1) is 11.1 Å². The van der Waals surface area contributed by atoms with Crippen LogP contribution in [0.1, 0.15) is 71.2 Å². The molecular formula is C21H24N4O5. The second-order valence-corrected chi connectivity index (χ2v) is 7.99. The van der Waals surface area contributed by atoms with Gasteiger partial charge in [0.2, 0.25) is 11.8 Å². The van der Waals surface area contributed by atoms with Crippen molar-refractivity contribution in [2.75, 3.05) is 0 Å². The van der Waals surface area contributed by atoms with E-state index in [1.807, 2.05) is 0 Å². The third kappa shape index (κ3) is 3.92. The van der Waals surface area contributed by atoms with Crippen molar-refractivity contribution in [3.8, 4) is 0 Å². The minimum absolute atomic E-state index is 0.0785. The standard InChI is InChI=1S/C21H24N4O5/c26-17-9-8-16(18(27)24-17)25-19(28)14-7-6-12(10-15(14)20(25)29)11-22-21(30)23-13-4-2-1-3-5-13/h6-7,10,13,16H,1-5,8-9,11H2,(H2,22,23,30)(H,24,26,27). The van der Waals surface area contributed by atoms with Gasteiger partial charge in [0, 0.05) is 19.0 Å². The molecule has 1 aromatic rings. The van der Waals surface area contributed by atoms with Gasteiger partial charge in [-0.3, -0.25) is 29.4 Å². The number of fused-ring (bicyclic) bond motifs is 1. The van der Waals surface area contributed by atoms with Crippen molar-refractivity contribution in [3.05, 3.63) is 34.9 Å². The number of imide groups is 2. The van der Waals surface area contributed by atoms with Gasteiger partial charge < -0.3 is 10.6 Å². The molecule has 2 fully saturated rings. The van der Waals surface area contributed by atoms with Gasteiger partial charge in [-0.15, -0.1) is 0 Å². The lowest BCUT2D eigenvalue weighted by atomic mass is 9.96. The normalized spacial score (nSPS) is 22.0. The Bertz CT molecular complexity index is 922. The summed E-state index contributed by atoms with van der Waals surface area (Å²) in [7, 11) is 0. The van der Waals surface area contributed by atoms with E-state index in [1.54, 1.807) is 12.1 Å². The van der Waals surface area contributed by atoms with Crippen LogP contribution >= 0.6 is 0 Å². The zero-order chi connectivity index (χ0) is 21.3. The monoisotopic (exact) mass is 412 g/mol. The molecular weight excluding hydrogens is 388 g/mol. The molecule has 1 atom stereocenters. The highest BCUT2D eigenvalue weighted by Crippen LogP contribution is 2.28. The van der Waals surface area contributed by atoms with Gasteiger partial charge in [-0.1, -0.05) is 25.3 Å². The fraction of sp³-hybridized carbons (Fsp3) is 0.476. The number of nitrogens with one attached hydrogen (secondary N) is 3. The maximum atomic E-state index is 12.8. The van der Waals surface area contributed by atoms with Crippen LogP contribution in [0.15, 0.2) is 18.2 Å². The van der Waals surface area contributed by atoms with Crippen molar-refractivity contribution in [2.24, 2.45) is 0 Å². The molecule has 0 radical (unpaired) electrons. The average Bonchev–Trinajstić information content (AvgIpc) is 2.97. The summed E-state index contributed by atoms with van der Waals surface area (Å²) in [6.07, 6.45) is 5.61. The first-order valence-corrected chi connectivity index (χ1v) is 10.3. The van der Waals surface area contributed by atoms with Crippen molar-refractivity contribution < 1.29 is 24.0 Å². The fourth-order valence-corrected chi connectivity index (χ4v) is 4.29. The number of carbonyl (C=O) groups is 5. The summed E-state index contributed by atoms with van der Waals surface area (Å²) >= 11 is 0. The molecule has 3 aliphatic rings. The first-order valence-electron chi connectivity index (χ1n) is 10.3. The van der Waals surface area contributed by atoms with Crippen LogP contribution in [0.4, 0.5) is 4.79 Å². The lowest BCUT2D eigenvalue weighted by Crippen LogP contribution is -2.54. The molecule has 2 aliphatic heterocycles. The Balaban J connectivity index is 1.41. The summed E-state index contributed by atoms with van der Waals surface area (Å²) in [6, 6.07) is 3.74. The molecule has 9 nitrogen and oxygen atoms in total. The summed E-state index contributed by atoms with van der Waals surface area (Å²) in [5, 5.41) is 7.93. The van der Waals surface area contributed by atoms with Crippen molar-refractivity contribution in [1.82, 2.24) is 20.9 Å². The van der Waals surface area contributed by atoms with E-state index < -0.39 is 29.7 Å². The number of nitrogens with zero attached hydrogens (tertiary/aromatic N) is 1. The third-order valence-electron chi connectivity index (χ3n) is 5.90. The van der Waals surface area contributed by atoms with E-state index in [9.17, 15) is 24.0 Å². The molecule has 1 saturated heterocycles. The molecule has 3 N–H and O–H groups in total. The number of hydrogen-bond donors (Lipinski definition) is 3. The molecule has 158 valence electrons. The highest BCUT2D eigenvalue weighted by atomic mass is 16.2. The van der Waals surface area contributed by atoms with Gasteiger partial charge in [0.1, 0.15) is 6.04 Å². The first kappa shape index (κ1) is 20.1. The topological polar surface area (TPSA) is 125 Å². The van der Waals surface area contributed by atoms with Gasteiger partial charge in [-0.2, -0.15) is 0 Å². The van der Waals surface area contributed by atoms with Crippen LogP contribution in [-0.4, -0.2) is 46.6 Å². The summed E-state index contributed by atoms with van der Waals surface area (Å²) in [5.74, 6) is -2.15. The molecule has 4 rings (SSSR count). The van der Waals surface area contributed by atoms with E-state index in [4.69, 9.17) is 0 Å². The largest absolute Gasteiger partial charge is 0.335 e. The number of hydrogen-bond acceptors (Lipinski definition) is 5. The molecule has 1 aromatic carbocycles. The maximum absolute atomic E-state index is 12.8. The number of carbonyl (C=O) groups excluding carboxylic acids is 5. The van der Waals surface area contributed by atoms with Gasteiger partial charge >= 0.3 is 6.03 Å². The van der Waals surface area contributed by atoms with Crippen LogP contribution in [0.2, 0.25) is 0 Å². The van der Waals surface area contributed by atoms with E-state index in [-0.39, 0.29) is 42.6 Å². The quantitative estimate of drug-likeness (QED) is 0.642. The third-order valence-corrected chi connectivity index (χ3v) is 5.90. The summed E-state index contributed by atoms with van der Waals surface area (Å²) in [5.41, 5.74) is 1.11. The Morgan fingerprint density at radius 2 is 1.73 bits per heavy atom. The number of benzene rings is 1. The van der Waals surface area contributed by atoms with Crippen LogP contribution < -0.4 is 16.0 Å². The smallest absolute Gasteiger partial charge is 0.315 e. The zero-order valence-electron chi connectivity index (χ0n) is 16.5. The first-order chi connectivity index (χ1) is 14.4. The van der Waals surface area contributed by atoms with Crippen LogP contribution in [0.5, 0.6) is 0 Å². The molecule has 1 saturated carbocycles. The minimum Gasteiger partial charge on any atom is -0.335 e. The number of piperidine rings is 1. The predicted octanol–water partition coefficient (Wildman–Crippen LogP) is 1.22. The summed E-state index contributed by atoms with van der Waals surface area (Å²) in [6.45, 7) is 0.214. The van der Waals surface area contributed by atoms with Crippen molar-refractivity contribution >= 4 is 29.7 Å². The van der Waals surface area contributed by atoms with Gasteiger partial charge in [0.15, 0.2) is 0 Å². The van der Waals surface area contributed by atoms with Crippen LogP contribution in [-0.2, 0) is 16.1 Å². The van der Waals surface area contributed by atoms with Crippen LogP contribution in [0.25, 0.3) is 0 Å². The molecule has 1 unspecified atom stereocenters. The van der Waals surface area contributed by atoms with Gasteiger partial charge in [0.25, 0.3) is 11.8 Å². The van der Waals surface area contributed by atoms with E-state index >= 15 is 0 Å². The molecule has 30 heavy (non-hydrogen) atoms. The van der Waals surface area contributed by atoms with Crippen molar-refractivity contribution in [2.45, 2.75) is 63.6 Å². The van der Waals surface area contributed by atoms with Crippen LogP contribution in [0, 0.1) is 0 Å². The Morgan fingerprint density at radius 3 is 2.47 bits per heavy atom. The van der Waals surface area contributed by atoms with E-state index in [1.165, 1.54) is 12.5 Å². The SMILES string of the molecule is O=C1CCC(N2C(=O)c3ccc(CNC(=O)NC4CCCCC4)cc3C2=O)C(=O)N1. The highest BCUT2D eigenvalue weighted by molar-refractivity contribution is 6.23. The highest BCUT2D eigenvalue weighted by Gasteiger charge is 2.44. The second kappa shape index (κ2) is 8.25. The molecule has 1 aliphatic carbocycles. The van der Waals surface area contributed by atoms with E-state index in [0.29, 0.717) is 5.56 Å². The lowest BCUT2D eigenvalue weighted by molar-refractivity contribution is -0.136. The second-order valence-electron chi connectivity index (χ2n) is 7.99. The van der Waals surface area contributed by atoms with Crippen LogP contribution in [0.3, 0.4) is 0 Å². The molecule has 0 aromatic heterocycles. The number of amides is 6. The van der Waals surface area contributed by atoms with Gasteiger partial charge in [-0.05, 0) is 37.0 Å². The fourth-order valence-electron chi connectivity index (χ4n) is 4.29. The van der Waals surface area contributed by atoms with E-state index in [0.717, 1.165) is 30.6 Å². The minimum atomic E-state index is -0.988. The predicted molar refractivity (Wildman–Crippen MR) is 105 cm³/mol. The summed E-state index contributed by atoms with van der Waals surface area (Å²) < 4.78 is 0.